The van der Waals surface area contributed by atoms with Gasteiger partial charge in [0.15, 0.2) is 0 Å². The van der Waals surface area contributed by atoms with Crippen molar-refractivity contribution < 1.29 is 4.74 Å². The summed E-state index contributed by atoms with van der Waals surface area (Å²) in [6.45, 7) is 21.7. The Balaban J connectivity index is 0.980. The molecule has 10 aliphatic carbocycles. The molecule has 340 valence electrons. The number of allylic oxidation sites excluding steroid dienone is 6. The Bertz CT molecular complexity index is 3130. The molecular weight excluding hydrogens is 819 g/mol. The Morgan fingerprint density at radius 2 is 1.52 bits per heavy atom. The second-order valence-corrected chi connectivity index (χ2v) is 30.0. The van der Waals surface area contributed by atoms with Crippen molar-refractivity contribution in [3.05, 3.63) is 122 Å². The van der Waals surface area contributed by atoms with Gasteiger partial charge in [0.1, 0.15) is 11.5 Å². The lowest BCUT2D eigenvalue weighted by Crippen LogP contribution is -2.69. The third-order valence-corrected chi connectivity index (χ3v) is 24.9. The molecule has 16 rings (SSSR count). The van der Waals surface area contributed by atoms with Gasteiger partial charge in [0.25, 0.3) is 0 Å². The molecule has 3 heterocycles. The predicted octanol–water partition coefficient (Wildman–Crippen LogP) is 16.1. The molecule has 2 nitrogen and oxygen atoms in total. The smallest absolute Gasteiger partial charge is 0.139 e. The van der Waals surface area contributed by atoms with Gasteiger partial charge in [-0.05, 0) is 198 Å². The van der Waals surface area contributed by atoms with E-state index in [2.05, 4.69) is 134 Å². The maximum atomic E-state index is 7.58. The third-order valence-electron chi connectivity index (χ3n) is 22.3. The lowest BCUT2D eigenvalue weighted by atomic mass is 9.30. The molecule has 1 aromatic heterocycles. The van der Waals surface area contributed by atoms with Gasteiger partial charge in [-0.15, -0.1) is 0 Å². The van der Waals surface area contributed by atoms with E-state index in [0.717, 1.165) is 54.6 Å². The highest BCUT2D eigenvalue weighted by Gasteiger charge is 2.81. The molecule has 66 heavy (non-hydrogen) atoms. The van der Waals surface area contributed by atoms with Gasteiger partial charge in [0.2, 0.25) is 0 Å². The summed E-state index contributed by atoms with van der Waals surface area (Å²) >= 11 is 0. The highest BCUT2D eigenvalue weighted by Crippen LogP contribution is 2.88. The number of nitrogens with zero attached hydrogens (tertiary/aromatic N) is 1. The number of thiol groups is 1. The molecule has 0 amide bonds. The van der Waals surface area contributed by atoms with E-state index in [1.807, 2.05) is 5.57 Å². The van der Waals surface area contributed by atoms with E-state index in [1.165, 1.54) is 102 Å². The minimum Gasteiger partial charge on any atom is -0.455 e. The zero-order valence-electron chi connectivity index (χ0n) is 41.3. The number of hydrogen-bond donors (Lipinski definition) is 1. The van der Waals surface area contributed by atoms with Gasteiger partial charge in [-0.25, -0.2) is 0 Å². The van der Waals surface area contributed by atoms with Crippen LogP contribution < -0.4 is 4.74 Å². The van der Waals surface area contributed by atoms with Crippen molar-refractivity contribution in [3.63, 3.8) is 0 Å². The first kappa shape index (κ1) is 39.2. The molecule has 7 fully saturated rings. The van der Waals surface area contributed by atoms with Crippen molar-refractivity contribution >= 4 is 33.4 Å². The quantitative estimate of drug-likeness (QED) is 0.160. The largest absolute Gasteiger partial charge is 0.455 e. The van der Waals surface area contributed by atoms with E-state index < -0.39 is 10.9 Å². The van der Waals surface area contributed by atoms with Crippen LogP contribution >= 0.6 is 10.9 Å². The molecule has 7 saturated carbocycles. The van der Waals surface area contributed by atoms with Crippen molar-refractivity contribution in [2.24, 2.45) is 45.8 Å². The number of ether oxygens (including phenoxy) is 1. The average Bonchev–Trinajstić information content (AvgIpc) is 3.99. The SMILES string of the molecule is CC(C)(C)C1=Cc2c(n3c4c(cc(C(C)(C)C)cc24)[SH]2C4=C(C=C(c5c(C67C=C8CC9CC(CC6)CC897)cccc5C56CC7CC8CC(C5)C86C7)CC43)Oc3ccc(C(C)(C)C)cc32)CC1. The minimum atomic E-state index is -0.838. The standard InChI is InChI=1S/C63H71NOS/c1-57(2,3)37-13-15-48-44(25-37)45-26-39(59(7,8)9)28-53-55(45)64(48)49-21-36(22-51-56(49)66(53)52-27-38(58(4,5)6)14-16-50(52)65-51)54-46(60-18-17-34-19-40-23-42(32-60)62(40,60)30-34)11-10-12-47(54)61-29-35-20-41-24-43(33-61)63(41,61)31-35/h10-12,14,16,22,25-28,32,34-35,40-41,43,49,66H,13,15,17-21,23-24,29-31,33H2,1-9H3. The Labute approximate surface area is 397 Å². The second kappa shape index (κ2) is 11.7. The second-order valence-electron chi connectivity index (χ2n) is 27.9. The molecule has 0 saturated heterocycles. The predicted molar refractivity (Wildman–Crippen MR) is 273 cm³/mol. The molecule has 2 aliphatic heterocycles. The molecule has 4 aromatic rings. The van der Waals surface area contributed by atoms with Crippen LogP contribution in [-0.4, -0.2) is 4.57 Å². The molecule has 11 atom stereocenters. The fourth-order valence-electron chi connectivity index (χ4n) is 19.6. The molecule has 12 aliphatic rings. The normalized spacial score (nSPS) is 39.2. The summed E-state index contributed by atoms with van der Waals surface area (Å²) in [4.78, 5) is 4.60. The number of rotatable bonds is 3. The molecule has 0 N–H and O–H groups in total. The summed E-state index contributed by atoms with van der Waals surface area (Å²) in [5.41, 5.74) is 19.6. The molecule has 2 spiro atoms. The van der Waals surface area contributed by atoms with Crippen molar-refractivity contribution in [2.75, 3.05) is 0 Å². The zero-order chi connectivity index (χ0) is 44.6. The van der Waals surface area contributed by atoms with E-state index in [1.54, 1.807) is 43.3 Å². The van der Waals surface area contributed by atoms with E-state index in [9.17, 15) is 0 Å². The summed E-state index contributed by atoms with van der Waals surface area (Å²) in [7, 11) is -0.838. The van der Waals surface area contributed by atoms with Crippen LogP contribution in [0, 0.1) is 45.8 Å². The van der Waals surface area contributed by atoms with Crippen LogP contribution in [0.25, 0.3) is 22.6 Å². The van der Waals surface area contributed by atoms with Crippen LogP contribution in [-0.2, 0) is 28.1 Å². The summed E-state index contributed by atoms with van der Waals surface area (Å²) in [5, 5.41) is 1.50. The molecule has 3 heteroatoms. The topological polar surface area (TPSA) is 14.2 Å². The summed E-state index contributed by atoms with van der Waals surface area (Å²) in [6, 6.07) is 20.9. The number of hydrogen-bond acceptors (Lipinski definition) is 1. The Hall–Kier alpha value is -3.69. The van der Waals surface area contributed by atoms with Gasteiger partial charge < -0.3 is 9.30 Å². The summed E-state index contributed by atoms with van der Waals surface area (Å²) in [5.74, 6) is 7.00. The number of aromatic nitrogens is 1. The van der Waals surface area contributed by atoms with E-state index in [-0.39, 0.29) is 27.7 Å². The Kier molecular flexibility index (Phi) is 6.92. The van der Waals surface area contributed by atoms with Gasteiger partial charge in [0, 0.05) is 47.6 Å². The van der Waals surface area contributed by atoms with Crippen molar-refractivity contribution in [1.29, 1.82) is 0 Å². The van der Waals surface area contributed by atoms with Crippen LogP contribution in [0.4, 0.5) is 0 Å². The summed E-state index contributed by atoms with van der Waals surface area (Å²) in [6.07, 6.45) is 26.1. The van der Waals surface area contributed by atoms with E-state index in [0.29, 0.717) is 16.2 Å². The molecule has 3 aromatic carbocycles. The van der Waals surface area contributed by atoms with E-state index >= 15 is 0 Å². The van der Waals surface area contributed by atoms with Crippen LogP contribution in [0.2, 0.25) is 0 Å². The lowest BCUT2D eigenvalue weighted by Gasteiger charge is -2.74. The Morgan fingerprint density at radius 3 is 2.29 bits per heavy atom. The highest BCUT2D eigenvalue weighted by atomic mass is 32.2. The van der Waals surface area contributed by atoms with E-state index in [4.69, 9.17) is 4.74 Å². The molecule has 0 radical (unpaired) electrons. The maximum Gasteiger partial charge on any atom is 0.139 e. The first-order valence-corrected chi connectivity index (χ1v) is 28.1. The zero-order valence-corrected chi connectivity index (χ0v) is 42.2. The Morgan fingerprint density at radius 1 is 0.712 bits per heavy atom. The fraction of sp³-hybridized carbons (Fsp3) is 0.556. The number of fused-ring (bicyclic) bond motifs is 9. The van der Waals surface area contributed by atoms with Crippen molar-refractivity contribution in [3.8, 4) is 5.75 Å². The van der Waals surface area contributed by atoms with Crippen LogP contribution in [0.3, 0.4) is 0 Å². The van der Waals surface area contributed by atoms with Crippen LogP contribution in [0.5, 0.6) is 5.75 Å². The molecule has 11 unspecified atom stereocenters. The first-order valence-electron chi connectivity index (χ1n) is 26.8. The number of benzene rings is 3. The highest BCUT2D eigenvalue weighted by molar-refractivity contribution is 8.20. The van der Waals surface area contributed by atoms with Gasteiger partial charge in [-0.2, -0.15) is 10.9 Å². The van der Waals surface area contributed by atoms with Crippen molar-refractivity contribution in [1.82, 2.24) is 4.57 Å². The molecular formula is C63H71NOS. The van der Waals surface area contributed by atoms with Gasteiger partial charge in [0.05, 0.1) is 11.6 Å². The minimum absolute atomic E-state index is 0.0294. The monoisotopic (exact) mass is 890 g/mol. The maximum absolute atomic E-state index is 7.58. The summed E-state index contributed by atoms with van der Waals surface area (Å²) < 4.78 is 10.5. The molecule has 4 bridgehead atoms. The van der Waals surface area contributed by atoms with Gasteiger partial charge >= 0.3 is 0 Å². The van der Waals surface area contributed by atoms with Gasteiger partial charge in [-0.3, -0.25) is 0 Å². The van der Waals surface area contributed by atoms with Crippen LogP contribution in [0.15, 0.2) is 92.3 Å². The lowest BCUT2D eigenvalue weighted by molar-refractivity contribution is -0.199. The van der Waals surface area contributed by atoms with Crippen LogP contribution in [0.1, 0.15) is 184 Å². The third kappa shape index (κ3) is 4.25. The average molecular weight is 890 g/mol. The van der Waals surface area contributed by atoms with Gasteiger partial charge in [-0.1, -0.05) is 110 Å². The fourth-order valence-corrected chi connectivity index (χ4v) is 22.5. The van der Waals surface area contributed by atoms with Crippen molar-refractivity contribution in [2.45, 2.75) is 183 Å². The first-order chi connectivity index (χ1) is 31.4.